The summed E-state index contributed by atoms with van der Waals surface area (Å²) in [5.74, 6) is 0. The molecule has 0 aromatic heterocycles. The van der Waals surface area contributed by atoms with Gasteiger partial charge in [-0.2, -0.15) is 5.26 Å². The summed E-state index contributed by atoms with van der Waals surface area (Å²) in [6, 6.07) is 1.95. The molecule has 0 aliphatic heterocycles. The number of rotatable bonds is 5. The highest BCUT2D eigenvalue weighted by Gasteiger charge is 2.01. The molecule has 0 fully saturated rings. The van der Waals surface area contributed by atoms with Crippen LogP contribution in [0.25, 0.3) is 0 Å². The van der Waals surface area contributed by atoms with Crippen molar-refractivity contribution in [2.24, 2.45) is 0 Å². The molecule has 0 bridgehead atoms. The van der Waals surface area contributed by atoms with E-state index in [1.807, 2.05) is 6.07 Å². The van der Waals surface area contributed by atoms with Crippen molar-refractivity contribution in [3.05, 3.63) is 0 Å². The van der Waals surface area contributed by atoms with Crippen molar-refractivity contribution in [2.45, 2.75) is 31.8 Å². The molecule has 0 saturated carbocycles. The number of aliphatic hydroxyl groups excluding tert-OH is 2. The summed E-state index contributed by atoms with van der Waals surface area (Å²) in [7, 11) is 0. The largest absolute Gasteiger partial charge is 0.396 e. The lowest BCUT2D eigenvalue weighted by molar-refractivity contribution is 0.142. The Balaban J connectivity index is 3.10. The van der Waals surface area contributed by atoms with Crippen LogP contribution in [0.5, 0.6) is 0 Å². The molecule has 0 amide bonds. The van der Waals surface area contributed by atoms with E-state index in [4.69, 9.17) is 15.5 Å². The lowest BCUT2D eigenvalue weighted by Gasteiger charge is -2.05. The minimum Gasteiger partial charge on any atom is -0.396 e. The van der Waals surface area contributed by atoms with Gasteiger partial charge in [0.1, 0.15) is 0 Å². The van der Waals surface area contributed by atoms with Crippen molar-refractivity contribution in [3.63, 3.8) is 0 Å². The van der Waals surface area contributed by atoms with Crippen LogP contribution in [-0.4, -0.2) is 22.9 Å². The van der Waals surface area contributed by atoms with Gasteiger partial charge in [0.15, 0.2) is 0 Å². The predicted molar refractivity (Wildman–Crippen MR) is 37.2 cm³/mol. The molecule has 0 spiro atoms. The van der Waals surface area contributed by atoms with E-state index in [0.29, 0.717) is 25.7 Å². The Morgan fingerprint density at radius 2 is 2.10 bits per heavy atom. The van der Waals surface area contributed by atoms with Crippen molar-refractivity contribution in [1.29, 1.82) is 5.26 Å². The molecule has 0 radical (unpaired) electrons. The Morgan fingerprint density at radius 1 is 1.40 bits per heavy atom. The molecule has 0 heterocycles. The van der Waals surface area contributed by atoms with Crippen molar-refractivity contribution < 1.29 is 10.2 Å². The van der Waals surface area contributed by atoms with E-state index in [-0.39, 0.29) is 6.61 Å². The van der Waals surface area contributed by atoms with Gasteiger partial charge in [-0.05, 0) is 19.3 Å². The van der Waals surface area contributed by atoms with Gasteiger partial charge in [0.05, 0.1) is 12.2 Å². The Kier molecular flexibility index (Phi) is 6.14. The summed E-state index contributed by atoms with van der Waals surface area (Å²) in [5.41, 5.74) is 0. The minimum absolute atomic E-state index is 0.115. The molecule has 3 nitrogen and oxygen atoms in total. The zero-order valence-electron chi connectivity index (χ0n) is 5.95. The topological polar surface area (TPSA) is 64.2 Å². The van der Waals surface area contributed by atoms with Crippen LogP contribution in [0.15, 0.2) is 0 Å². The average molecular weight is 143 g/mol. The molecule has 0 rings (SSSR count). The molecular formula is C7H13NO2. The lowest BCUT2D eigenvalue weighted by atomic mass is 10.1. The number of nitrogens with zero attached hydrogens (tertiary/aromatic N) is 1. The SMILES string of the molecule is N#CCCC(O)CCCO. The monoisotopic (exact) mass is 143 g/mol. The van der Waals surface area contributed by atoms with Crippen LogP contribution in [0, 0.1) is 11.3 Å². The second-order valence-electron chi connectivity index (χ2n) is 2.22. The molecule has 0 aliphatic rings. The third-order valence-electron chi connectivity index (χ3n) is 1.28. The van der Waals surface area contributed by atoms with Gasteiger partial charge in [-0.3, -0.25) is 0 Å². The third kappa shape index (κ3) is 5.54. The molecule has 0 aromatic carbocycles. The van der Waals surface area contributed by atoms with E-state index >= 15 is 0 Å². The molecule has 3 heteroatoms. The van der Waals surface area contributed by atoms with Crippen LogP contribution in [0.3, 0.4) is 0 Å². The summed E-state index contributed by atoms with van der Waals surface area (Å²) < 4.78 is 0. The van der Waals surface area contributed by atoms with Gasteiger partial charge in [0.2, 0.25) is 0 Å². The van der Waals surface area contributed by atoms with Crippen LogP contribution in [0.1, 0.15) is 25.7 Å². The Hall–Kier alpha value is -0.590. The van der Waals surface area contributed by atoms with Crippen molar-refractivity contribution in [3.8, 4) is 6.07 Å². The molecule has 0 aliphatic carbocycles. The van der Waals surface area contributed by atoms with E-state index < -0.39 is 6.10 Å². The van der Waals surface area contributed by atoms with E-state index in [9.17, 15) is 0 Å². The predicted octanol–water partition coefficient (Wildman–Crippen LogP) is 0.424. The van der Waals surface area contributed by atoms with Crippen LogP contribution < -0.4 is 0 Å². The first kappa shape index (κ1) is 9.41. The van der Waals surface area contributed by atoms with Gasteiger partial charge in [-0.15, -0.1) is 0 Å². The van der Waals surface area contributed by atoms with Gasteiger partial charge in [0.25, 0.3) is 0 Å². The number of aliphatic hydroxyl groups is 2. The van der Waals surface area contributed by atoms with Gasteiger partial charge in [0, 0.05) is 13.0 Å². The fraction of sp³-hybridized carbons (Fsp3) is 0.857. The van der Waals surface area contributed by atoms with Crippen LogP contribution in [0.4, 0.5) is 0 Å². The lowest BCUT2D eigenvalue weighted by Crippen LogP contribution is -2.06. The second-order valence-corrected chi connectivity index (χ2v) is 2.22. The van der Waals surface area contributed by atoms with Crippen molar-refractivity contribution in [2.75, 3.05) is 6.61 Å². The molecular weight excluding hydrogens is 130 g/mol. The molecule has 1 unspecified atom stereocenters. The summed E-state index contributed by atoms with van der Waals surface area (Å²) in [6.07, 6.45) is 1.72. The number of nitriles is 1. The maximum Gasteiger partial charge on any atom is 0.0622 e. The smallest absolute Gasteiger partial charge is 0.0622 e. The number of hydrogen-bond donors (Lipinski definition) is 2. The Labute approximate surface area is 60.9 Å². The Morgan fingerprint density at radius 3 is 2.60 bits per heavy atom. The first-order chi connectivity index (χ1) is 4.81. The van der Waals surface area contributed by atoms with Gasteiger partial charge in [-0.1, -0.05) is 0 Å². The molecule has 0 aromatic rings. The standard InChI is InChI=1S/C7H13NO2/c8-5-1-3-7(10)4-2-6-9/h7,9-10H,1-4,6H2. The van der Waals surface area contributed by atoms with Gasteiger partial charge >= 0.3 is 0 Å². The van der Waals surface area contributed by atoms with E-state index in [1.54, 1.807) is 0 Å². The molecule has 1 atom stereocenters. The number of hydrogen-bond acceptors (Lipinski definition) is 3. The van der Waals surface area contributed by atoms with Crippen LogP contribution in [-0.2, 0) is 0 Å². The van der Waals surface area contributed by atoms with Crippen LogP contribution in [0.2, 0.25) is 0 Å². The fourth-order valence-electron chi connectivity index (χ4n) is 0.702. The highest BCUT2D eigenvalue weighted by molar-refractivity contribution is 4.71. The maximum absolute atomic E-state index is 9.05. The molecule has 0 saturated heterocycles. The van der Waals surface area contributed by atoms with E-state index in [1.165, 1.54) is 0 Å². The highest BCUT2D eigenvalue weighted by atomic mass is 16.3. The molecule has 58 valence electrons. The average Bonchev–Trinajstić information content (AvgIpc) is 1.97. The third-order valence-corrected chi connectivity index (χ3v) is 1.28. The molecule has 2 N–H and O–H groups in total. The van der Waals surface area contributed by atoms with Gasteiger partial charge < -0.3 is 10.2 Å². The van der Waals surface area contributed by atoms with Gasteiger partial charge in [-0.25, -0.2) is 0 Å². The van der Waals surface area contributed by atoms with Crippen molar-refractivity contribution >= 4 is 0 Å². The summed E-state index contributed by atoms with van der Waals surface area (Å²) in [5, 5.41) is 25.5. The minimum atomic E-state index is -0.410. The second kappa shape index (κ2) is 6.53. The normalized spacial score (nSPS) is 12.5. The fourth-order valence-corrected chi connectivity index (χ4v) is 0.702. The first-order valence-corrected chi connectivity index (χ1v) is 3.47. The summed E-state index contributed by atoms with van der Waals surface area (Å²) >= 11 is 0. The highest BCUT2D eigenvalue weighted by Crippen LogP contribution is 2.02. The van der Waals surface area contributed by atoms with E-state index in [0.717, 1.165) is 0 Å². The molecule has 10 heavy (non-hydrogen) atoms. The van der Waals surface area contributed by atoms with Crippen molar-refractivity contribution in [1.82, 2.24) is 0 Å². The van der Waals surface area contributed by atoms with E-state index in [2.05, 4.69) is 0 Å². The quantitative estimate of drug-likeness (QED) is 0.586. The zero-order valence-corrected chi connectivity index (χ0v) is 5.95. The Bertz CT molecular complexity index is 109. The van der Waals surface area contributed by atoms with Crippen LogP contribution >= 0.6 is 0 Å². The summed E-state index contributed by atoms with van der Waals surface area (Å²) in [4.78, 5) is 0. The first-order valence-electron chi connectivity index (χ1n) is 3.47. The zero-order chi connectivity index (χ0) is 7.82. The summed E-state index contributed by atoms with van der Waals surface area (Å²) in [6.45, 7) is 0.115. The maximum atomic E-state index is 9.05.